The molecule has 0 saturated carbocycles. The van der Waals surface area contributed by atoms with E-state index in [1.165, 1.54) is 0 Å². The van der Waals surface area contributed by atoms with Crippen LogP contribution in [0.4, 0.5) is 0 Å². The second-order valence-corrected chi connectivity index (χ2v) is 5.91. The fraction of sp³-hybridized carbons (Fsp3) is 0. The Balaban J connectivity index is 2.09. The van der Waals surface area contributed by atoms with Gasteiger partial charge in [-0.1, -0.05) is 54.6 Å². The molecule has 3 heteroatoms. The van der Waals surface area contributed by atoms with Crippen molar-refractivity contribution in [2.24, 2.45) is 0 Å². The lowest BCUT2D eigenvalue weighted by Crippen LogP contribution is -2.03. The molecule has 0 radical (unpaired) electrons. The molecular weight excluding hydrogens is 300 g/mol. The maximum Gasteiger partial charge on any atom is 0.204 e. The van der Waals surface area contributed by atoms with E-state index in [-0.39, 0.29) is 16.6 Å². The van der Waals surface area contributed by atoms with E-state index < -0.39 is 0 Å². The van der Waals surface area contributed by atoms with Crippen LogP contribution in [0.2, 0.25) is 0 Å². The standard InChI is InChI=1S/C21H12O3/c22-19-14-7-3-2-6-13(14)11-17-18(19)20(23)16-10-9-12-5-1-4-8-15(12)21(16)24-17/h1-11,22H. The first kappa shape index (κ1) is 13.1. The monoisotopic (exact) mass is 312 g/mol. The Labute approximate surface area is 136 Å². The van der Waals surface area contributed by atoms with Crippen molar-refractivity contribution in [2.75, 3.05) is 0 Å². The van der Waals surface area contributed by atoms with E-state index in [1.807, 2.05) is 54.6 Å². The topological polar surface area (TPSA) is 50.4 Å². The molecule has 1 heterocycles. The van der Waals surface area contributed by atoms with Gasteiger partial charge in [-0.2, -0.15) is 0 Å². The molecule has 3 nitrogen and oxygen atoms in total. The van der Waals surface area contributed by atoms with Crippen LogP contribution in [0.25, 0.3) is 43.5 Å². The highest BCUT2D eigenvalue weighted by molar-refractivity contribution is 6.10. The number of benzene rings is 4. The van der Waals surface area contributed by atoms with E-state index in [0.29, 0.717) is 21.9 Å². The molecule has 24 heavy (non-hydrogen) atoms. The molecule has 0 saturated heterocycles. The Hall–Kier alpha value is -3.33. The molecule has 0 fully saturated rings. The predicted molar refractivity (Wildman–Crippen MR) is 96.7 cm³/mol. The van der Waals surface area contributed by atoms with Gasteiger partial charge in [0.1, 0.15) is 22.3 Å². The van der Waals surface area contributed by atoms with Gasteiger partial charge in [-0.05, 0) is 22.9 Å². The van der Waals surface area contributed by atoms with E-state index in [0.717, 1.165) is 16.2 Å². The summed E-state index contributed by atoms with van der Waals surface area (Å²) >= 11 is 0. The number of phenols is 1. The largest absolute Gasteiger partial charge is 0.506 e. The Morgan fingerprint density at radius 3 is 2.29 bits per heavy atom. The van der Waals surface area contributed by atoms with Gasteiger partial charge in [0.15, 0.2) is 0 Å². The van der Waals surface area contributed by atoms with Crippen molar-refractivity contribution < 1.29 is 9.52 Å². The molecule has 1 N–H and O–H groups in total. The lowest BCUT2D eigenvalue weighted by atomic mass is 10.0. The average molecular weight is 312 g/mol. The molecule has 0 aliphatic carbocycles. The van der Waals surface area contributed by atoms with Gasteiger partial charge in [-0.25, -0.2) is 0 Å². The third-order valence-electron chi connectivity index (χ3n) is 4.55. The van der Waals surface area contributed by atoms with Crippen molar-refractivity contribution in [3.05, 3.63) is 77.0 Å². The molecule has 0 aliphatic heterocycles. The zero-order chi connectivity index (χ0) is 16.3. The van der Waals surface area contributed by atoms with E-state index in [4.69, 9.17) is 4.42 Å². The molecule has 0 unspecified atom stereocenters. The average Bonchev–Trinajstić information content (AvgIpc) is 2.62. The summed E-state index contributed by atoms with van der Waals surface area (Å²) in [6.07, 6.45) is 0. The molecule has 0 bridgehead atoms. The fourth-order valence-corrected chi connectivity index (χ4v) is 3.38. The van der Waals surface area contributed by atoms with E-state index in [1.54, 1.807) is 12.1 Å². The summed E-state index contributed by atoms with van der Waals surface area (Å²) in [5.41, 5.74) is 0.751. The highest BCUT2D eigenvalue weighted by atomic mass is 16.3. The summed E-state index contributed by atoms with van der Waals surface area (Å²) in [6, 6.07) is 20.7. The number of hydrogen-bond donors (Lipinski definition) is 1. The van der Waals surface area contributed by atoms with Crippen molar-refractivity contribution in [3.63, 3.8) is 0 Å². The van der Waals surface area contributed by atoms with Crippen molar-refractivity contribution in [1.29, 1.82) is 0 Å². The highest BCUT2D eigenvalue weighted by Crippen LogP contribution is 2.35. The predicted octanol–water partition coefficient (Wildman–Crippen LogP) is 4.96. The van der Waals surface area contributed by atoms with Crippen molar-refractivity contribution in [1.82, 2.24) is 0 Å². The zero-order valence-corrected chi connectivity index (χ0v) is 12.6. The van der Waals surface area contributed by atoms with Crippen molar-refractivity contribution in [2.45, 2.75) is 0 Å². The van der Waals surface area contributed by atoms with Crippen molar-refractivity contribution in [3.8, 4) is 5.75 Å². The third-order valence-corrected chi connectivity index (χ3v) is 4.55. The first-order chi connectivity index (χ1) is 11.7. The van der Waals surface area contributed by atoms with Gasteiger partial charge < -0.3 is 9.52 Å². The Kier molecular flexibility index (Phi) is 2.51. The van der Waals surface area contributed by atoms with Gasteiger partial charge in [0.05, 0.1) is 5.39 Å². The molecule has 4 aromatic carbocycles. The quantitative estimate of drug-likeness (QED) is 0.325. The Morgan fingerprint density at radius 2 is 1.46 bits per heavy atom. The second-order valence-electron chi connectivity index (χ2n) is 5.91. The first-order valence-electron chi connectivity index (χ1n) is 7.73. The molecule has 0 atom stereocenters. The van der Waals surface area contributed by atoms with E-state index in [2.05, 4.69) is 0 Å². The normalized spacial score (nSPS) is 11.7. The number of hydrogen-bond acceptors (Lipinski definition) is 3. The van der Waals surface area contributed by atoms with Crippen LogP contribution in [-0.2, 0) is 0 Å². The summed E-state index contributed by atoms with van der Waals surface area (Å²) in [6.45, 7) is 0. The van der Waals surface area contributed by atoms with E-state index >= 15 is 0 Å². The molecule has 1 aromatic heterocycles. The first-order valence-corrected chi connectivity index (χ1v) is 7.73. The molecule has 0 aliphatic rings. The fourth-order valence-electron chi connectivity index (χ4n) is 3.38. The van der Waals surface area contributed by atoms with Gasteiger partial charge in [0.2, 0.25) is 5.43 Å². The van der Waals surface area contributed by atoms with Gasteiger partial charge in [0, 0.05) is 10.8 Å². The van der Waals surface area contributed by atoms with Crippen LogP contribution < -0.4 is 5.43 Å². The van der Waals surface area contributed by atoms with Gasteiger partial charge in [-0.3, -0.25) is 4.79 Å². The van der Waals surface area contributed by atoms with Gasteiger partial charge in [0.25, 0.3) is 0 Å². The molecule has 5 rings (SSSR count). The molecule has 0 amide bonds. The summed E-state index contributed by atoms with van der Waals surface area (Å²) < 4.78 is 6.07. The maximum absolute atomic E-state index is 13.0. The van der Waals surface area contributed by atoms with Crippen LogP contribution in [0, 0.1) is 0 Å². The SMILES string of the molecule is O=c1c2ccc3ccccc3c2oc2cc3ccccc3c(O)c12. The van der Waals surface area contributed by atoms with Crippen LogP contribution in [0.3, 0.4) is 0 Å². The lowest BCUT2D eigenvalue weighted by molar-refractivity contribution is 0.486. The maximum atomic E-state index is 13.0. The van der Waals surface area contributed by atoms with Crippen molar-refractivity contribution >= 4 is 43.5 Å². The third kappa shape index (κ3) is 1.64. The minimum absolute atomic E-state index is 0.0214. The minimum Gasteiger partial charge on any atom is -0.506 e. The lowest BCUT2D eigenvalue weighted by Gasteiger charge is -2.08. The molecule has 0 spiro atoms. The van der Waals surface area contributed by atoms with Gasteiger partial charge in [-0.15, -0.1) is 0 Å². The summed E-state index contributed by atoms with van der Waals surface area (Å²) in [7, 11) is 0. The van der Waals surface area contributed by atoms with Crippen LogP contribution in [0.1, 0.15) is 0 Å². The van der Waals surface area contributed by atoms with Gasteiger partial charge >= 0.3 is 0 Å². The molecule has 114 valence electrons. The Morgan fingerprint density at radius 1 is 0.750 bits per heavy atom. The number of rotatable bonds is 0. The highest BCUT2D eigenvalue weighted by Gasteiger charge is 2.15. The summed E-state index contributed by atoms with van der Waals surface area (Å²) in [5, 5.41) is 14.7. The zero-order valence-electron chi connectivity index (χ0n) is 12.6. The number of fused-ring (bicyclic) bond motifs is 5. The summed E-state index contributed by atoms with van der Waals surface area (Å²) in [4.78, 5) is 13.0. The summed E-state index contributed by atoms with van der Waals surface area (Å²) in [5.74, 6) is -0.0214. The van der Waals surface area contributed by atoms with Crippen LogP contribution in [-0.4, -0.2) is 5.11 Å². The number of aromatic hydroxyl groups is 1. The Bertz CT molecular complexity index is 1330. The molecular formula is C21H12O3. The second kappa shape index (κ2) is 4.59. The van der Waals surface area contributed by atoms with E-state index in [9.17, 15) is 9.90 Å². The minimum atomic E-state index is -0.208. The smallest absolute Gasteiger partial charge is 0.204 e. The molecule has 5 aromatic rings. The van der Waals surface area contributed by atoms with Crippen LogP contribution in [0.5, 0.6) is 5.75 Å². The number of phenolic OH excluding ortho intramolecular Hbond substituents is 1. The van der Waals surface area contributed by atoms with Crippen LogP contribution >= 0.6 is 0 Å². The van der Waals surface area contributed by atoms with Crippen LogP contribution in [0.15, 0.2) is 75.9 Å².